The van der Waals surface area contributed by atoms with Crippen molar-refractivity contribution in [1.29, 1.82) is 5.26 Å². The van der Waals surface area contributed by atoms with Crippen LogP contribution in [0, 0.1) is 17.2 Å². The number of sulfonamides is 1. The molecule has 2 aromatic carbocycles. The fourth-order valence-corrected chi connectivity index (χ4v) is 5.03. The monoisotopic (exact) mass is 429 g/mol. The molecule has 1 aliphatic heterocycles. The number of anilines is 1. The topological polar surface area (TPSA) is 109 Å². The molecule has 1 aliphatic rings. The van der Waals surface area contributed by atoms with E-state index >= 15 is 0 Å². The number of ether oxygens (including phenoxy) is 2. The van der Waals surface area contributed by atoms with E-state index < -0.39 is 10.0 Å². The number of benzene rings is 2. The lowest BCUT2D eigenvalue weighted by Crippen LogP contribution is -2.41. The Labute approximate surface area is 176 Å². The van der Waals surface area contributed by atoms with Crippen LogP contribution in [-0.2, 0) is 14.8 Å². The molecule has 1 heterocycles. The van der Waals surface area contributed by atoms with E-state index in [1.54, 1.807) is 36.4 Å². The van der Waals surface area contributed by atoms with Crippen LogP contribution in [0.2, 0.25) is 0 Å². The molecule has 30 heavy (non-hydrogen) atoms. The Morgan fingerprint density at radius 2 is 1.87 bits per heavy atom. The van der Waals surface area contributed by atoms with Crippen molar-refractivity contribution in [3.8, 4) is 17.6 Å². The minimum absolute atomic E-state index is 0.0422. The minimum atomic E-state index is -3.79. The second kappa shape index (κ2) is 9.15. The Morgan fingerprint density at radius 3 is 2.50 bits per heavy atom. The van der Waals surface area contributed by atoms with Crippen LogP contribution in [0.25, 0.3) is 0 Å². The molecule has 0 spiro atoms. The molecule has 1 N–H and O–H groups in total. The molecule has 0 radical (unpaired) electrons. The first-order valence-corrected chi connectivity index (χ1v) is 10.9. The summed E-state index contributed by atoms with van der Waals surface area (Å²) in [6.45, 7) is 0.442. The highest BCUT2D eigenvalue weighted by molar-refractivity contribution is 7.89. The third kappa shape index (κ3) is 4.56. The SMILES string of the molecule is COc1ccc(OC)c(S(=O)(=O)N2CCC(C(=O)Nc3cccc(C#N)c3)CC2)c1. The van der Waals surface area contributed by atoms with E-state index in [1.165, 1.54) is 24.6 Å². The van der Waals surface area contributed by atoms with Gasteiger partial charge in [0.1, 0.15) is 16.4 Å². The molecule has 0 unspecified atom stereocenters. The van der Waals surface area contributed by atoms with Gasteiger partial charge in [0, 0.05) is 30.8 Å². The number of carbonyl (C=O) groups excluding carboxylic acids is 1. The van der Waals surface area contributed by atoms with E-state index in [0.717, 1.165) is 0 Å². The van der Waals surface area contributed by atoms with Crippen LogP contribution in [0.5, 0.6) is 11.5 Å². The summed E-state index contributed by atoms with van der Waals surface area (Å²) in [5.41, 5.74) is 1.01. The number of methoxy groups -OCH3 is 2. The second-order valence-electron chi connectivity index (χ2n) is 6.88. The first-order valence-electron chi connectivity index (χ1n) is 9.42. The third-order valence-corrected chi connectivity index (χ3v) is 6.99. The number of hydrogen-bond acceptors (Lipinski definition) is 6. The van der Waals surface area contributed by atoms with Crippen molar-refractivity contribution in [2.45, 2.75) is 17.7 Å². The number of rotatable bonds is 6. The molecule has 9 heteroatoms. The molecule has 0 atom stereocenters. The van der Waals surface area contributed by atoms with Crippen molar-refractivity contribution in [2.24, 2.45) is 5.92 Å². The average molecular weight is 429 g/mol. The van der Waals surface area contributed by atoms with Gasteiger partial charge >= 0.3 is 0 Å². The molecule has 1 amide bonds. The lowest BCUT2D eigenvalue weighted by molar-refractivity contribution is -0.120. The highest BCUT2D eigenvalue weighted by atomic mass is 32.2. The van der Waals surface area contributed by atoms with Gasteiger partial charge in [-0.3, -0.25) is 4.79 Å². The van der Waals surface area contributed by atoms with Crippen LogP contribution in [0.3, 0.4) is 0 Å². The predicted molar refractivity (Wildman–Crippen MR) is 111 cm³/mol. The number of piperidine rings is 1. The molecule has 0 aromatic heterocycles. The maximum absolute atomic E-state index is 13.1. The minimum Gasteiger partial charge on any atom is -0.497 e. The molecular formula is C21H23N3O5S. The Balaban J connectivity index is 1.69. The summed E-state index contributed by atoms with van der Waals surface area (Å²) < 4.78 is 38.0. The highest BCUT2D eigenvalue weighted by Crippen LogP contribution is 2.32. The van der Waals surface area contributed by atoms with Gasteiger partial charge < -0.3 is 14.8 Å². The van der Waals surface area contributed by atoms with Crippen molar-refractivity contribution in [2.75, 3.05) is 32.6 Å². The maximum atomic E-state index is 13.1. The predicted octanol–water partition coefficient (Wildman–Crippen LogP) is 2.61. The quantitative estimate of drug-likeness (QED) is 0.756. The second-order valence-corrected chi connectivity index (χ2v) is 8.78. The van der Waals surface area contributed by atoms with Gasteiger partial charge in [-0.2, -0.15) is 9.57 Å². The fraction of sp³-hybridized carbons (Fsp3) is 0.333. The van der Waals surface area contributed by atoms with Crippen LogP contribution in [0.15, 0.2) is 47.4 Å². The summed E-state index contributed by atoms with van der Waals surface area (Å²) in [7, 11) is -0.912. The summed E-state index contributed by atoms with van der Waals surface area (Å²) >= 11 is 0. The average Bonchev–Trinajstić information content (AvgIpc) is 2.78. The van der Waals surface area contributed by atoms with Gasteiger partial charge in [-0.25, -0.2) is 8.42 Å². The van der Waals surface area contributed by atoms with Crippen LogP contribution >= 0.6 is 0 Å². The van der Waals surface area contributed by atoms with Crippen molar-refractivity contribution >= 4 is 21.6 Å². The number of nitriles is 1. The molecule has 0 saturated carbocycles. The number of amides is 1. The van der Waals surface area contributed by atoms with E-state index in [0.29, 0.717) is 29.8 Å². The Hall–Kier alpha value is -3.09. The van der Waals surface area contributed by atoms with Crippen LogP contribution in [0.1, 0.15) is 18.4 Å². The standard InChI is InChI=1S/C21H23N3O5S/c1-28-18-6-7-19(29-2)20(13-18)30(26,27)24-10-8-16(9-11-24)21(25)23-17-5-3-4-15(12-17)14-22/h3-7,12-13,16H,8-11H2,1-2H3,(H,23,25). The van der Waals surface area contributed by atoms with E-state index in [4.69, 9.17) is 14.7 Å². The number of hydrogen-bond donors (Lipinski definition) is 1. The Kier molecular flexibility index (Phi) is 6.59. The molecule has 1 saturated heterocycles. The van der Waals surface area contributed by atoms with E-state index in [1.807, 2.05) is 6.07 Å². The zero-order valence-electron chi connectivity index (χ0n) is 16.8. The summed E-state index contributed by atoms with van der Waals surface area (Å²) in [5, 5.41) is 11.8. The number of nitrogens with one attached hydrogen (secondary N) is 1. The van der Waals surface area contributed by atoms with E-state index in [-0.39, 0.29) is 35.6 Å². The maximum Gasteiger partial charge on any atom is 0.246 e. The summed E-state index contributed by atoms with van der Waals surface area (Å²) in [6, 6.07) is 13.3. The molecule has 158 valence electrons. The first kappa shape index (κ1) is 21.6. The fourth-order valence-electron chi connectivity index (χ4n) is 3.39. The van der Waals surface area contributed by atoms with Gasteiger partial charge in [0.2, 0.25) is 15.9 Å². The smallest absolute Gasteiger partial charge is 0.246 e. The normalized spacial score (nSPS) is 15.2. The molecule has 2 aromatic rings. The first-order chi connectivity index (χ1) is 14.4. The van der Waals surface area contributed by atoms with Gasteiger partial charge in [0.15, 0.2) is 0 Å². The third-order valence-electron chi connectivity index (χ3n) is 5.07. The zero-order valence-corrected chi connectivity index (χ0v) is 17.6. The van der Waals surface area contributed by atoms with E-state index in [9.17, 15) is 13.2 Å². The highest BCUT2D eigenvalue weighted by Gasteiger charge is 2.34. The van der Waals surface area contributed by atoms with Crippen LogP contribution in [-0.4, -0.2) is 45.9 Å². The van der Waals surface area contributed by atoms with Gasteiger partial charge in [-0.1, -0.05) is 6.07 Å². The summed E-state index contributed by atoms with van der Waals surface area (Å²) in [6.07, 6.45) is 0.796. The summed E-state index contributed by atoms with van der Waals surface area (Å²) in [4.78, 5) is 12.6. The lowest BCUT2D eigenvalue weighted by Gasteiger charge is -2.31. The van der Waals surface area contributed by atoms with Gasteiger partial charge in [0.05, 0.1) is 25.9 Å². The van der Waals surface area contributed by atoms with Crippen molar-refractivity contribution in [3.05, 3.63) is 48.0 Å². The van der Waals surface area contributed by atoms with Gasteiger partial charge in [-0.05, 0) is 43.2 Å². The van der Waals surface area contributed by atoms with Crippen LogP contribution in [0.4, 0.5) is 5.69 Å². The Bertz CT molecular complexity index is 1070. The number of carbonyl (C=O) groups is 1. The largest absolute Gasteiger partial charge is 0.497 e. The molecule has 8 nitrogen and oxygen atoms in total. The van der Waals surface area contributed by atoms with Crippen molar-refractivity contribution < 1.29 is 22.7 Å². The zero-order chi connectivity index (χ0) is 21.7. The molecule has 0 bridgehead atoms. The summed E-state index contributed by atoms with van der Waals surface area (Å²) in [5.74, 6) is 0.173. The molecule has 3 rings (SSSR count). The molecule has 0 aliphatic carbocycles. The van der Waals surface area contributed by atoms with Gasteiger partial charge in [0.25, 0.3) is 0 Å². The molecule has 1 fully saturated rings. The van der Waals surface area contributed by atoms with Gasteiger partial charge in [-0.15, -0.1) is 0 Å². The Morgan fingerprint density at radius 1 is 1.13 bits per heavy atom. The number of nitrogens with zero attached hydrogens (tertiary/aromatic N) is 2. The lowest BCUT2D eigenvalue weighted by atomic mass is 9.97. The molecular weight excluding hydrogens is 406 g/mol. The van der Waals surface area contributed by atoms with Crippen molar-refractivity contribution in [1.82, 2.24) is 4.31 Å². The van der Waals surface area contributed by atoms with Crippen molar-refractivity contribution in [3.63, 3.8) is 0 Å². The van der Waals surface area contributed by atoms with E-state index in [2.05, 4.69) is 5.32 Å². The van der Waals surface area contributed by atoms with Crippen LogP contribution < -0.4 is 14.8 Å².